The van der Waals surface area contributed by atoms with E-state index in [1.54, 1.807) is 6.08 Å². The van der Waals surface area contributed by atoms with E-state index in [2.05, 4.69) is 6.92 Å². The normalized spacial score (nSPS) is 10.6. The van der Waals surface area contributed by atoms with Gasteiger partial charge in [-0.25, -0.2) is 0 Å². The topological polar surface area (TPSA) is 34.1 Å². The molecule has 0 unspecified atom stereocenters. The summed E-state index contributed by atoms with van der Waals surface area (Å²) in [6.07, 6.45) is 8.85. The molecule has 0 aliphatic heterocycles. The number of carbonyl (C=O) groups excluding carboxylic acids is 2. The molecule has 0 aromatic heterocycles. The Labute approximate surface area is 80.0 Å². The molecule has 0 saturated carbocycles. The number of Topliss-reactive ketones (excluding diaryl/α,β-unsaturated/α-hetero) is 1. The van der Waals surface area contributed by atoms with Crippen LogP contribution in [0.15, 0.2) is 12.2 Å². The summed E-state index contributed by atoms with van der Waals surface area (Å²) in [6.45, 7) is 3.46. The lowest BCUT2D eigenvalue weighted by Crippen LogP contribution is -2.04. The average molecular weight is 182 g/mol. The van der Waals surface area contributed by atoms with Gasteiger partial charge in [-0.2, -0.15) is 0 Å². The van der Waals surface area contributed by atoms with Crippen molar-refractivity contribution in [3.05, 3.63) is 12.2 Å². The third-order valence-electron chi connectivity index (χ3n) is 1.84. The molecule has 74 valence electrons. The van der Waals surface area contributed by atoms with E-state index in [4.69, 9.17) is 0 Å². The first kappa shape index (κ1) is 12.1. The Kier molecular flexibility index (Phi) is 7.17. The van der Waals surface area contributed by atoms with E-state index < -0.39 is 5.78 Å². The molecule has 0 bridgehead atoms. The molecule has 0 amide bonds. The Bertz CT molecular complexity index is 192. The van der Waals surface area contributed by atoms with Crippen molar-refractivity contribution in [2.45, 2.75) is 46.0 Å². The van der Waals surface area contributed by atoms with Crippen molar-refractivity contribution >= 4 is 11.6 Å². The van der Waals surface area contributed by atoms with Crippen molar-refractivity contribution in [1.82, 2.24) is 0 Å². The largest absolute Gasteiger partial charge is 0.291 e. The Hall–Kier alpha value is -0.920. The minimum absolute atomic E-state index is 0.384. The van der Waals surface area contributed by atoms with Crippen LogP contribution in [0.25, 0.3) is 0 Å². The van der Waals surface area contributed by atoms with E-state index in [-0.39, 0.29) is 5.78 Å². The fourth-order valence-corrected chi connectivity index (χ4v) is 0.997. The van der Waals surface area contributed by atoms with E-state index >= 15 is 0 Å². The maximum absolute atomic E-state index is 10.8. The van der Waals surface area contributed by atoms with Crippen molar-refractivity contribution in [2.75, 3.05) is 0 Å². The van der Waals surface area contributed by atoms with Crippen LogP contribution in [-0.2, 0) is 9.59 Å². The third-order valence-corrected chi connectivity index (χ3v) is 1.84. The highest BCUT2D eigenvalue weighted by Gasteiger charge is 2.00. The molecule has 0 aliphatic carbocycles. The molecular formula is C11H18O2. The minimum Gasteiger partial charge on any atom is -0.291 e. The van der Waals surface area contributed by atoms with Crippen LogP contribution in [0.3, 0.4) is 0 Å². The second-order valence-electron chi connectivity index (χ2n) is 3.17. The van der Waals surface area contributed by atoms with Crippen molar-refractivity contribution in [3.63, 3.8) is 0 Å². The van der Waals surface area contributed by atoms with Crippen LogP contribution >= 0.6 is 0 Å². The minimum atomic E-state index is -0.393. The van der Waals surface area contributed by atoms with Gasteiger partial charge in [0.05, 0.1) is 0 Å². The van der Waals surface area contributed by atoms with Crippen LogP contribution in [0.1, 0.15) is 46.0 Å². The second kappa shape index (κ2) is 7.71. The van der Waals surface area contributed by atoms with Gasteiger partial charge in [0.25, 0.3) is 0 Å². The molecule has 0 aromatic rings. The predicted molar refractivity (Wildman–Crippen MR) is 53.6 cm³/mol. The van der Waals surface area contributed by atoms with Crippen LogP contribution in [0.2, 0.25) is 0 Å². The molecule has 0 radical (unpaired) electrons. The number of unbranched alkanes of at least 4 members (excludes halogenated alkanes) is 4. The van der Waals surface area contributed by atoms with Crippen molar-refractivity contribution in [1.29, 1.82) is 0 Å². The standard InChI is InChI=1S/C11H18O2/c1-3-4-5-6-7-8-9-11(13)10(2)12/h8-9H,3-7H2,1-2H3. The molecule has 0 aliphatic rings. The summed E-state index contributed by atoms with van der Waals surface area (Å²) in [5.74, 6) is -0.778. The number of hydrogen-bond donors (Lipinski definition) is 0. The zero-order valence-corrected chi connectivity index (χ0v) is 8.51. The first-order valence-electron chi connectivity index (χ1n) is 4.90. The Morgan fingerprint density at radius 1 is 1.15 bits per heavy atom. The summed E-state index contributed by atoms with van der Waals surface area (Å²) < 4.78 is 0. The van der Waals surface area contributed by atoms with Gasteiger partial charge < -0.3 is 0 Å². The number of allylic oxidation sites excluding steroid dienone is 2. The number of rotatable bonds is 7. The molecule has 0 fully saturated rings. The lowest BCUT2D eigenvalue weighted by molar-refractivity contribution is -0.132. The summed E-state index contributed by atoms with van der Waals surface area (Å²) in [5, 5.41) is 0. The zero-order chi connectivity index (χ0) is 10.1. The monoisotopic (exact) mass is 182 g/mol. The van der Waals surface area contributed by atoms with Crippen LogP contribution in [0.4, 0.5) is 0 Å². The SMILES string of the molecule is CCCCCCC=CC(=O)C(C)=O. The summed E-state index contributed by atoms with van der Waals surface area (Å²) in [6, 6.07) is 0. The van der Waals surface area contributed by atoms with E-state index in [1.807, 2.05) is 0 Å². The average Bonchev–Trinajstić information content (AvgIpc) is 2.10. The van der Waals surface area contributed by atoms with Gasteiger partial charge in [0, 0.05) is 6.92 Å². The van der Waals surface area contributed by atoms with Crippen LogP contribution in [0.5, 0.6) is 0 Å². The number of hydrogen-bond acceptors (Lipinski definition) is 2. The van der Waals surface area contributed by atoms with Gasteiger partial charge in [0.2, 0.25) is 5.78 Å². The lowest BCUT2D eigenvalue weighted by Gasteiger charge is -1.93. The van der Waals surface area contributed by atoms with Gasteiger partial charge in [0.1, 0.15) is 0 Å². The molecule has 0 heterocycles. The van der Waals surface area contributed by atoms with Crippen LogP contribution in [-0.4, -0.2) is 11.6 Å². The lowest BCUT2D eigenvalue weighted by atomic mass is 10.1. The first-order valence-corrected chi connectivity index (χ1v) is 4.90. The number of ketones is 2. The van der Waals surface area contributed by atoms with Gasteiger partial charge in [-0.1, -0.05) is 32.3 Å². The summed E-state index contributed by atoms with van der Waals surface area (Å²) in [4.78, 5) is 21.3. The molecule has 0 saturated heterocycles. The maximum atomic E-state index is 10.8. The van der Waals surface area contributed by atoms with Crippen LogP contribution in [0, 0.1) is 0 Å². The van der Waals surface area contributed by atoms with Crippen molar-refractivity contribution in [3.8, 4) is 0 Å². The smallest absolute Gasteiger partial charge is 0.220 e. The molecule has 2 heteroatoms. The molecule has 0 spiro atoms. The van der Waals surface area contributed by atoms with Crippen molar-refractivity contribution in [2.24, 2.45) is 0 Å². The molecule has 2 nitrogen and oxygen atoms in total. The van der Waals surface area contributed by atoms with Gasteiger partial charge in [-0.3, -0.25) is 9.59 Å². The Morgan fingerprint density at radius 2 is 1.85 bits per heavy atom. The third kappa shape index (κ3) is 7.44. The molecule has 0 rings (SSSR count). The zero-order valence-electron chi connectivity index (χ0n) is 8.51. The summed E-state index contributed by atoms with van der Waals surface area (Å²) in [5.41, 5.74) is 0. The molecule has 0 N–H and O–H groups in total. The van der Waals surface area contributed by atoms with Crippen LogP contribution < -0.4 is 0 Å². The Balaban J connectivity index is 3.41. The summed E-state index contributed by atoms with van der Waals surface area (Å²) in [7, 11) is 0. The second-order valence-corrected chi connectivity index (χ2v) is 3.17. The molecule has 0 atom stereocenters. The van der Waals surface area contributed by atoms with Gasteiger partial charge in [0.15, 0.2) is 5.78 Å². The Morgan fingerprint density at radius 3 is 2.38 bits per heavy atom. The first-order chi connectivity index (χ1) is 6.18. The van der Waals surface area contributed by atoms with Gasteiger partial charge >= 0.3 is 0 Å². The number of carbonyl (C=O) groups is 2. The fourth-order valence-electron chi connectivity index (χ4n) is 0.997. The highest BCUT2D eigenvalue weighted by atomic mass is 16.2. The van der Waals surface area contributed by atoms with E-state index in [1.165, 1.54) is 32.3 Å². The van der Waals surface area contributed by atoms with E-state index in [0.717, 1.165) is 12.8 Å². The summed E-state index contributed by atoms with van der Waals surface area (Å²) >= 11 is 0. The quantitative estimate of drug-likeness (QED) is 0.344. The van der Waals surface area contributed by atoms with Gasteiger partial charge in [-0.05, 0) is 18.9 Å². The maximum Gasteiger partial charge on any atom is 0.220 e. The van der Waals surface area contributed by atoms with Gasteiger partial charge in [-0.15, -0.1) is 0 Å². The molecular weight excluding hydrogens is 164 g/mol. The van der Waals surface area contributed by atoms with Crippen molar-refractivity contribution < 1.29 is 9.59 Å². The van der Waals surface area contributed by atoms with E-state index in [0.29, 0.717) is 0 Å². The highest BCUT2D eigenvalue weighted by molar-refractivity contribution is 6.40. The highest BCUT2D eigenvalue weighted by Crippen LogP contribution is 2.02. The predicted octanol–water partition coefficient (Wildman–Crippen LogP) is 2.67. The fraction of sp³-hybridized carbons (Fsp3) is 0.636. The molecule has 13 heavy (non-hydrogen) atoms. The van der Waals surface area contributed by atoms with E-state index in [9.17, 15) is 9.59 Å². The molecule has 0 aromatic carbocycles.